The second-order valence-corrected chi connectivity index (χ2v) is 7.78. The lowest BCUT2D eigenvalue weighted by Crippen LogP contribution is -2.39. The number of nitrogens with zero attached hydrogens (tertiary/aromatic N) is 2. The molecule has 4 rings (SSSR count). The van der Waals surface area contributed by atoms with Crippen molar-refractivity contribution >= 4 is 23.4 Å². The number of hydrogen-bond acceptors (Lipinski definition) is 6. The largest absolute Gasteiger partial charge is 0.507 e. The van der Waals surface area contributed by atoms with Gasteiger partial charge < -0.3 is 9.84 Å². The van der Waals surface area contributed by atoms with E-state index in [2.05, 4.69) is 4.99 Å². The first-order valence-corrected chi connectivity index (χ1v) is 10.4. The Kier molecular flexibility index (Phi) is 5.37. The summed E-state index contributed by atoms with van der Waals surface area (Å²) in [6, 6.07) is 15.6. The van der Waals surface area contributed by atoms with E-state index in [1.54, 1.807) is 44.2 Å². The van der Waals surface area contributed by atoms with Crippen molar-refractivity contribution in [1.82, 2.24) is 4.57 Å². The van der Waals surface area contributed by atoms with Crippen molar-refractivity contribution in [3.63, 3.8) is 0 Å². The summed E-state index contributed by atoms with van der Waals surface area (Å²) in [4.78, 5) is 31.2. The van der Waals surface area contributed by atoms with Gasteiger partial charge >= 0.3 is 5.97 Å². The summed E-state index contributed by atoms with van der Waals surface area (Å²) in [5.41, 5.74) is 1.94. The third kappa shape index (κ3) is 3.48. The molecule has 6 nitrogen and oxygen atoms in total. The Hall–Kier alpha value is -3.45. The second-order valence-electron chi connectivity index (χ2n) is 6.77. The highest BCUT2D eigenvalue weighted by Gasteiger charge is 2.33. The number of aromatic hydroxyl groups is 1. The van der Waals surface area contributed by atoms with Crippen LogP contribution in [0, 0.1) is 0 Å². The van der Waals surface area contributed by atoms with Gasteiger partial charge in [-0.1, -0.05) is 59.9 Å². The number of phenols is 1. The van der Waals surface area contributed by atoms with E-state index in [0.29, 0.717) is 26.2 Å². The Labute approximate surface area is 176 Å². The SMILES string of the molecule is CCOC(=O)C1=C(C)N=c2s/c(=C\c3ccccc3O)c(=O)n2C1c1ccccc1. The number of phenolic OH excluding ortho intramolecular Hbond substituents is 1. The molecule has 1 aromatic heterocycles. The first kappa shape index (κ1) is 19.8. The number of hydrogen-bond donors (Lipinski definition) is 1. The average molecular weight is 420 g/mol. The normalized spacial score (nSPS) is 16.2. The zero-order chi connectivity index (χ0) is 21.3. The number of esters is 1. The van der Waals surface area contributed by atoms with Crippen LogP contribution >= 0.6 is 11.3 Å². The van der Waals surface area contributed by atoms with E-state index in [9.17, 15) is 14.7 Å². The fraction of sp³-hybridized carbons (Fsp3) is 0.174. The van der Waals surface area contributed by atoms with E-state index in [1.165, 1.54) is 15.9 Å². The van der Waals surface area contributed by atoms with Gasteiger partial charge in [-0.15, -0.1) is 0 Å². The molecule has 2 heterocycles. The van der Waals surface area contributed by atoms with E-state index in [1.807, 2.05) is 30.3 Å². The first-order chi connectivity index (χ1) is 14.5. The summed E-state index contributed by atoms with van der Waals surface area (Å²) in [6.07, 6.45) is 1.64. The summed E-state index contributed by atoms with van der Waals surface area (Å²) in [5.74, 6) is -0.395. The Morgan fingerprint density at radius 2 is 1.90 bits per heavy atom. The smallest absolute Gasteiger partial charge is 0.338 e. The topological polar surface area (TPSA) is 80.9 Å². The van der Waals surface area contributed by atoms with Crippen LogP contribution in [0.3, 0.4) is 0 Å². The molecule has 30 heavy (non-hydrogen) atoms. The van der Waals surface area contributed by atoms with Crippen molar-refractivity contribution in [2.24, 2.45) is 4.99 Å². The summed E-state index contributed by atoms with van der Waals surface area (Å²) < 4.78 is 7.22. The van der Waals surface area contributed by atoms with Gasteiger partial charge in [0.1, 0.15) is 5.75 Å². The van der Waals surface area contributed by atoms with Crippen molar-refractivity contribution in [3.8, 4) is 5.75 Å². The van der Waals surface area contributed by atoms with Crippen molar-refractivity contribution in [3.05, 3.63) is 96.7 Å². The van der Waals surface area contributed by atoms with Crippen molar-refractivity contribution in [1.29, 1.82) is 0 Å². The maximum atomic E-state index is 13.4. The van der Waals surface area contributed by atoms with Crippen LogP contribution in [-0.2, 0) is 9.53 Å². The molecule has 0 amide bonds. The van der Waals surface area contributed by atoms with Gasteiger partial charge in [-0.3, -0.25) is 9.36 Å². The van der Waals surface area contributed by atoms with Gasteiger partial charge in [0.25, 0.3) is 5.56 Å². The Morgan fingerprint density at radius 3 is 2.60 bits per heavy atom. The lowest BCUT2D eigenvalue weighted by atomic mass is 9.96. The van der Waals surface area contributed by atoms with E-state index >= 15 is 0 Å². The third-order valence-corrected chi connectivity index (χ3v) is 5.84. The molecule has 1 unspecified atom stereocenters. The molecule has 0 spiro atoms. The molecule has 0 radical (unpaired) electrons. The molecule has 1 aliphatic heterocycles. The van der Waals surface area contributed by atoms with Crippen molar-refractivity contribution in [2.75, 3.05) is 6.61 Å². The van der Waals surface area contributed by atoms with E-state index in [-0.39, 0.29) is 17.9 Å². The minimum atomic E-state index is -0.631. The third-order valence-electron chi connectivity index (χ3n) is 4.86. The van der Waals surface area contributed by atoms with Crippen LogP contribution in [0.25, 0.3) is 6.08 Å². The lowest BCUT2D eigenvalue weighted by molar-refractivity contribution is -0.139. The van der Waals surface area contributed by atoms with Gasteiger partial charge in [-0.25, -0.2) is 9.79 Å². The molecule has 0 saturated heterocycles. The van der Waals surface area contributed by atoms with Gasteiger partial charge in [0.05, 0.1) is 28.5 Å². The van der Waals surface area contributed by atoms with Crippen LogP contribution < -0.4 is 14.9 Å². The number of para-hydroxylation sites is 1. The summed E-state index contributed by atoms with van der Waals surface area (Å²) in [7, 11) is 0. The Balaban J connectivity index is 1.97. The number of thiazole rings is 1. The van der Waals surface area contributed by atoms with Crippen LogP contribution in [-0.4, -0.2) is 22.2 Å². The van der Waals surface area contributed by atoms with Crippen molar-refractivity contribution in [2.45, 2.75) is 19.9 Å². The lowest BCUT2D eigenvalue weighted by Gasteiger charge is -2.24. The molecule has 1 N–H and O–H groups in total. The summed E-state index contributed by atoms with van der Waals surface area (Å²) >= 11 is 1.23. The van der Waals surface area contributed by atoms with Crippen molar-refractivity contribution < 1.29 is 14.6 Å². The zero-order valence-corrected chi connectivity index (χ0v) is 17.3. The molecular formula is C23H20N2O4S. The fourth-order valence-electron chi connectivity index (χ4n) is 3.49. The van der Waals surface area contributed by atoms with E-state index in [4.69, 9.17) is 4.74 Å². The summed E-state index contributed by atoms with van der Waals surface area (Å²) in [6.45, 7) is 3.73. The molecule has 0 aliphatic carbocycles. The van der Waals surface area contributed by atoms with Gasteiger partial charge in [0.2, 0.25) is 0 Å². The van der Waals surface area contributed by atoms with Gasteiger partial charge in [-0.05, 0) is 31.6 Å². The second kappa shape index (κ2) is 8.12. The molecule has 152 valence electrons. The highest BCUT2D eigenvalue weighted by atomic mass is 32.1. The highest BCUT2D eigenvalue weighted by molar-refractivity contribution is 7.07. The quantitative estimate of drug-likeness (QED) is 0.658. The monoisotopic (exact) mass is 420 g/mol. The highest BCUT2D eigenvalue weighted by Crippen LogP contribution is 2.30. The van der Waals surface area contributed by atoms with Gasteiger partial charge in [-0.2, -0.15) is 0 Å². The number of ether oxygens (including phenoxy) is 1. The average Bonchev–Trinajstić information content (AvgIpc) is 3.04. The van der Waals surface area contributed by atoms with E-state index in [0.717, 1.165) is 5.56 Å². The van der Waals surface area contributed by atoms with Crippen LogP contribution in [0.1, 0.15) is 31.0 Å². The van der Waals surface area contributed by atoms with Gasteiger partial charge in [0.15, 0.2) is 4.80 Å². The Morgan fingerprint density at radius 1 is 1.20 bits per heavy atom. The maximum Gasteiger partial charge on any atom is 0.338 e. The number of allylic oxidation sites excluding steroid dienone is 1. The number of fused-ring (bicyclic) bond motifs is 1. The molecule has 0 fully saturated rings. The predicted octanol–water partition coefficient (Wildman–Crippen LogP) is 2.50. The molecule has 1 atom stereocenters. The van der Waals surface area contributed by atoms with E-state index < -0.39 is 12.0 Å². The predicted molar refractivity (Wildman–Crippen MR) is 115 cm³/mol. The Bertz CT molecular complexity index is 1320. The first-order valence-electron chi connectivity index (χ1n) is 9.54. The van der Waals surface area contributed by atoms with Crippen LogP contribution in [0.5, 0.6) is 5.75 Å². The summed E-state index contributed by atoms with van der Waals surface area (Å²) in [5, 5.41) is 10.1. The molecule has 3 aromatic rings. The fourth-order valence-corrected chi connectivity index (χ4v) is 4.53. The molecule has 1 aliphatic rings. The molecular weight excluding hydrogens is 400 g/mol. The number of rotatable bonds is 4. The number of carbonyl (C=O) groups is 1. The molecule has 0 bridgehead atoms. The number of carbonyl (C=O) groups excluding carboxylic acids is 1. The molecule has 2 aromatic carbocycles. The molecule has 7 heteroatoms. The van der Waals surface area contributed by atoms with Crippen LogP contribution in [0.15, 0.2) is 75.7 Å². The number of aromatic nitrogens is 1. The minimum absolute atomic E-state index is 0.0892. The minimum Gasteiger partial charge on any atom is -0.507 e. The number of benzene rings is 2. The van der Waals surface area contributed by atoms with Gasteiger partial charge in [0, 0.05) is 5.56 Å². The standard InChI is InChI=1S/C23H20N2O4S/c1-3-29-22(28)19-14(2)24-23-25(20(19)15-9-5-4-6-10-15)21(27)18(30-23)13-16-11-7-8-12-17(16)26/h4-13,20,26H,3H2,1-2H3/b18-13-. The maximum absolute atomic E-state index is 13.4. The van der Waals surface area contributed by atoms with Crippen LogP contribution in [0.2, 0.25) is 0 Å². The zero-order valence-electron chi connectivity index (χ0n) is 16.5. The molecule has 0 saturated carbocycles. The van der Waals surface area contributed by atoms with Crippen LogP contribution in [0.4, 0.5) is 0 Å².